The van der Waals surface area contributed by atoms with Gasteiger partial charge in [-0.1, -0.05) is 37.1 Å². The molecule has 1 heterocycles. The molecule has 21 heavy (non-hydrogen) atoms. The molecule has 1 aromatic heterocycles. The molecular formula is C15H20N4O2. The van der Waals surface area contributed by atoms with Gasteiger partial charge in [-0.2, -0.15) is 0 Å². The van der Waals surface area contributed by atoms with Crippen LogP contribution in [-0.4, -0.2) is 31.3 Å². The summed E-state index contributed by atoms with van der Waals surface area (Å²) in [5, 5.41) is 20.8. The Morgan fingerprint density at radius 2 is 2.14 bits per heavy atom. The molecule has 2 aromatic rings. The molecule has 1 unspecified atom stereocenters. The van der Waals surface area contributed by atoms with E-state index < -0.39 is 5.97 Å². The van der Waals surface area contributed by atoms with E-state index in [9.17, 15) is 4.79 Å². The van der Waals surface area contributed by atoms with Gasteiger partial charge in [-0.05, 0) is 35.8 Å². The second-order valence-electron chi connectivity index (χ2n) is 5.38. The zero-order valence-electron chi connectivity index (χ0n) is 12.6. The van der Waals surface area contributed by atoms with Gasteiger partial charge in [-0.25, -0.2) is 4.68 Å². The number of nitrogens with zero attached hydrogens (tertiary/aromatic N) is 4. The highest BCUT2D eigenvalue weighted by molar-refractivity contribution is 5.67. The molecule has 0 amide bonds. The van der Waals surface area contributed by atoms with Crippen molar-refractivity contribution in [1.82, 2.24) is 20.2 Å². The first-order valence-corrected chi connectivity index (χ1v) is 7.06. The fraction of sp³-hybridized carbons (Fsp3) is 0.467. The smallest absolute Gasteiger partial charge is 0.303 e. The van der Waals surface area contributed by atoms with Crippen LogP contribution in [0.5, 0.6) is 0 Å². The molecule has 2 rings (SSSR count). The molecule has 0 aliphatic heterocycles. The molecule has 0 spiro atoms. The Morgan fingerprint density at radius 1 is 1.38 bits per heavy atom. The third-order valence-electron chi connectivity index (χ3n) is 3.63. The number of hydrogen-bond acceptors (Lipinski definition) is 4. The predicted molar refractivity (Wildman–Crippen MR) is 78.8 cm³/mol. The molecule has 0 aliphatic rings. The van der Waals surface area contributed by atoms with Gasteiger partial charge >= 0.3 is 5.97 Å². The number of carbonyl (C=O) groups is 1. The molecule has 6 heteroatoms. The molecule has 1 N–H and O–H groups in total. The average molecular weight is 288 g/mol. The van der Waals surface area contributed by atoms with Crippen molar-refractivity contribution in [1.29, 1.82) is 0 Å². The molecule has 0 aliphatic carbocycles. The Morgan fingerprint density at radius 3 is 2.76 bits per heavy atom. The van der Waals surface area contributed by atoms with Gasteiger partial charge in [-0.3, -0.25) is 4.79 Å². The first-order valence-electron chi connectivity index (χ1n) is 7.06. The SMILES string of the molecule is CCC(CC(=O)O)Cn1nnnc1-c1ccc(C)cc1C. The molecule has 6 nitrogen and oxygen atoms in total. The maximum Gasteiger partial charge on any atom is 0.303 e. The quantitative estimate of drug-likeness (QED) is 0.883. The van der Waals surface area contributed by atoms with Gasteiger partial charge in [0.1, 0.15) is 0 Å². The maximum absolute atomic E-state index is 10.9. The number of aromatic nitrogens is 4. The molecule has 1 aromatic carbocycles. The fourth-order valence-corrected chi connectivity index (χ4v) is 2.41. The van der Waals surface area contributed by atoms with Crippen LogP contribution in [0, 0.1) is 19.8 Å². The van der Waals surface area contributed by atoms with E-state index in [4.69, 9.17) is 5.11 Å². The largest absolute Gasteiger partial charge is 0.481 e. The summed E-state index contributed by atoms with van der Waals surface area (Å²) in [5.74, 6) is -0.0742. The highest BCUT2D eigenvalue weighted by Crippen LogP contribution is 2.23. The fourth-order valence-electron chi connectivity index (χ4n) is 2.41. The van der Waals surface area contributed by atoms with Crippen LogP contribution in [0.1, 0.15) is 30.9 Å². The number of aliphatic carboxylic acids is 1. The predicted octanol–water partition coefficient (Wildman–Crippen LogP) is 2.46. The third kappa shape index (κ3) is 3.65. The van der Waals surface area contributed by atoms with Crippen molar-refractivity contribution in [3.8, 4) is 11.4 Å². The summed E-state index contributed by atoms with van der Waals surface area (Å²) in [5.41, 5.74) is 3.28. The van der Waals surface area contributed by atoms with Crippen LogP contribution in [-0.2, 0) is 11.3 Å². The number of tetrazole rings is 1. The van der Waals surface area contributed by atoms with Gasteiger partial charge in [0.2, 0.25) is 0 Å². The van der Waals surface area contributed by atoms with E-state index in [0.717, 1.165) is 17.5 Å². The van der Waals surface area contributed by atoms with E-state index in [0.29, 0.717) is 12.4 Å². The summed E-state index contributed by atoms with van der Waals surface area (Å²) in [6.07, 6.45) is 0.904. The Hall–Kier alpha value is -2.24. The maximum atomic E-state index is 10.9. The van der Waals surface area contributed by atoms with E-state index in [-0.39, 0.29) is 12.3 Å². The second kappa shape index (κ2) is 6.47. The summed E-state index contributed by atoms with van der Waals surface area (Å²) in [7, 11) is 0. The lowest BCUT2D eigenvalue weighted by atomic mass is 10.0. The lowest BCUT2D eigenvalue weighted by Gasteiger charge is -2.14. The van der Waals surface area contributed by atoms with Crippen molar-refractivity contribution >= 4 is 5.97 Å². The number of carboxylic acid groups (broad SMARTS) is 1. The van der Waals surface area contributed by atoms with Gasteiger partial charge in [0.05, 0.1) is 0 Å². The molecule has 112 valence electrons. The summed E-state index contributed by atoms with van der Waals surface area (Å²) in [6.45, 7) is 6.56. The number of rotatable bonds is 6. The van der Waals surface area contributed by atoms with E-state index >= 15 is 0 Å². The summed E-state index contributed by atoms with van der Waals surface area (Å²) < 4.78 is 1.70. The Labute approximate surface area is 123 Å². The summed E-state index contributed by atoms with van der Waals surface area (Å²) in [4.78, 5) is 10.9. The van der Waals surface area contributed by atoms with Gasteiger partial charge in [0.15, 0.2) is 5.82 Å². The minimum Gasteiger partial charge on any atom is -0.481 e. The molecule has 0 radical (unpaired) electrons. The molecular weight excluding hydrogens is 268 g/mol. The Kier molecular flexibility index (Phi) is 4.67. The number of benzene rings is 1. The zero-order valence-corrected chi connectivity index (χ0v) is 12.6. The molecule has 1 atom stereocenters. The molecule has 0 bridgehead atoms. The minimum absolute atomic E-state index is 0.0236. The van der Waals surface area contributed by atoms with Crippen LogP contribution in [0.3, 0.4) is 0 Å². The van der Waals surface area contributed by atoms with Crippen molar-refractivity contribution in [2.24, 2.45) is 5.92 Å². The van der Waals surface area contributed by atoms with E-state index in [2.05, 4.69) is 21.6 Å². The minimum atomic E-state index is -0.789. The Bertz CT molecular complexity index is 636. The third-order valence-corrected chi connectivity index (χ3v) is 3.63. The van der Waals surface area contributed by atoms with E-state index in [1.807, 2.05) is 32.9 Å². The highest BCUT2D eigenvalue weighted by atomic mass is 16.4. The van der Waals surface area contributed by atoms with Crippen LogP contribution in [0.15, 0.2) is 18.2 Å². The van der Waals surface area contributed by atoms with Crippen molar-refractivity contribution < 1.29 is 9.90 Å². The van der Waals surface area contributed by atoms with Gasteiger partial charge in [0.25, 0.3) is 0 Å². The average Bonchev–Trinajstić information content (AvgIpc) is 2.85. The summed E-state index contributed by atoms with van der Waals surface area (Å²) >= 11 is 0. The monoisotopic (exact) mass is 288 g/mol. The topological polar surface area (TPSA) is 80.9 Å². The number of aryl methyl sites for hydroxylation is 2. The van der Waals surface area contributed by atoms with Gasteiger partial charge < -0.3 is 5.11 Å². The molecule has 0 fully saturated rings. The van der Waals surface area contributed by atoms with Crippen molar-refractivity contribution in [3.05, 3.63) is 29.3 Å². The van der Waals surface area contributed by atoms with Crippen LogP contribution in [0.25, 0.3) is 11.4 Å². The lowest BCUT2D eigenvalue weighted by molar-refractivity contribution is -0.138. The van der Waals surface area contributed by atoms with Crippen LogP contribution >= 0.6 is 0 Å². The lowest BCUT2D eigenvalue weighted by Crippen LogP contribution is -2.16. The molecule has 0 saturated carbocycles. The number of hydrogen-bond donors (Lipinski definition) is 1. The van der Waals surface area contributed by atoms with Crippen LogP contribution < -0.4 is 0 Å². The van der Waals surface area contributed by atoms with Gasteiger partial charge in [-0.15, -0.1) is 5.10 Å². The highest BCUT2D eigenvalue weighted by Gasteiger charge is 2.17. The normalized spacial score (nSPS) is 12.3. The van der Waals surface area contributed by atoms with E-state index in [1.54, 1.807) is 4.68 Å². The van der Waals surface area contributed by atoms with Crippen molar-refractivity contribution in [2.45, 2.75) is 40.2 Å². The molecule has 0 saturated heterocycles. The van der Waals surface area contributed by atoms with Crippen LogP contribution in [0.4, 0.5) is 0 Å². The van der Waals surface area contributed by atoms with E-state index in [1.165, 1.54) is 5.56 Å². The van der Waals surface area contributed by atoms with Crippen molar-refractivity contribution in [2.75, 3.05) is 0 Å². The van der Waals surface area contributed by atoms with Gasteiger partial charge in [0, 0.05) is 18.5 Å². The Balaban J connectivity index is 2.27. The first-order chi connectivity index (χ1) is 10.0. The standard InChI is InChI=1S/C15H20N4O2/c1-4-12(8-14(20)21)9-19-15(16-17-18-19)13-6-5-10(2)7-11(13)3/h5-7,12H,4,8-9H2,1-3H3,(H,20,21). The second-order valence-corrected chi connectivity index (χ2v) is 5.38. The van der Waals surface area contributed by atoms with Crippen LogP contribution in [0.2, 0.25) is 0 Å². The summed E-state index contributed by atoms with van der Waals surface area (Å²) in [6, 6.07) is 6.11. The number of carboxylic acids is 1. The zero-order chi connectivity index (χ0) is 15.4. The van der Waals surface area contributed by atoms with Crippen molar-refractivity contribution in [3.63, 3.8) is 0 Å². The first kappa shape index (κ1) is 15.2.